The fourth-order valence-electron chi connectivity index (χ4n) is 3.53. The van der Waals surface area contributed by atoms with Gasteiger partial charge in [-0.15, -0.1) is 35.3 Å². The summed E-state index contributed by atoms with van der Waals surface area (Å²) in [6.07, 6.45) is 7.44. The molecule has 1 atom stereocenters. The summed E-state index contributed by atoms with van der Waals surface area (Å²) < 4.78 is 13.1. The first-order valence-corrected chi connectivity index (χ1v) is 11.3. The van der Waals surface area contributed by atoms with Crippen LogP contribution in [-0.4, -0.2) is 63.0 Å². The van der Waals surface area contributed by atoms with Crippen LogP contribution in [0.3, 0.4) is 0 Å². The highest BCUT2D eigenvalue weighted by Gasteiger charge is 2.23. The van der Waals surface area contributed by atoms with Gasteiger partial charge in [0.05, 0.1) is 22.6 Å². The molecule has 1 N–H and O–H groups in total. The number of hydrogen-bond acceptors (Lipinski definition) is 4. The molecule has 2 aliphatic rings. The monoisotopic (exact) mass is 571 g/mol. The lowest BCUT2D eigenvalue weighted by Crippen LogP contribution is -2.47. The topological polar surface area (TPSA) is 46.1 Å². The molecule has 0 spiro atoms. The van der Waals surface area contributed by atoms with E-state index in [0.717, 1.165) is 64.5 Å². The van der Waals surface area contributed by atoms with Crippen molar-refractivity contribution in [3.63, 3.8) is 0 Å². The lowest BCUT2D eigenvalue weighted by atomic mass is 10.1. The number of nitrogens with one attached hydrogen (secondary N) is 1. The van der Waals surface area contributed by atoms with Crippen LogP contribution in [0, 0.1) is 0 Å². The summed E-state index contributed by atoms with van der Waals surface area (Å²) in [7, 11) is 1.87. The average molecular weight is 572 g/mol. The van der Waals surface area contributed by atoms with Crippen LogP contribution in [-0.2, 0) is 15.9 Å². The van der Waals surface area contributed by atoms with Crippen LogP contribution < -0.4 is 5.32 Å². The lowest BCUT2D eigenvalue weighted by Gasteiger charge is -2.35. The van der Waals surface area contributed by atoms with Crippen molar-refractivity contribution in [3.8, 4) is 0 Å². The number of likely N-dealkylation sites (tertiary alicyclic amines) is 1. The lowest BCUT2D eigenvalue weighted by molar-refractivity contribution is -0.0721. The minimum absolute atomic E-state index is 0. The third-order valence-electron chi connectivity index (χ3n) is 5.03. The second kappa shape index (κ2) is 12.6. The van der Waals surface area contributed by atoms with Crippen molar-refractivity contribution in [3.05, 3.63) is 20.8 Å². The number of aliphatic imine (C=N–C) groups is 1. The Morgan fingerprint density at radius 1 is 1.33 bits per heavy atom. The maximum Gasteiger partial charge on any atom is 0.193 e. The Kier molecular flexibility index (Phi) is 10.9. The van der Waals surface area contributed by atoms with E-state index in [4.69, 9.17) is 9.47 Å². The molecule has 1 aromatic heterocycles. The van der Waals surface area contributed by atoms with E-state index in [-0.39, 0.29) is 24.0 Å². The minimum Gasteiger partial charge on any atom is -0.376 e. The van der Waals surface area contributed by atoms with E-state index in [0.29, 0.717) is 12.2 Å². The maximum absolute atomic E-state index is 6.11. The summed E-state index contributed by atoms with van der Waals surface area (Å²) in [5, 5.41) is 3.50. The van der Waals surface area contributed by atoms with E-state index in [1.54, 1.807) is 11.3 Å². The summed E-state index contributed by atoms with van der Waals surface area (Å²) in [4.78, 5) is 8.19. The highest BCUT2D eigenvalue weighted by molar-refractivity contribution is 14.0. The highest BCUT2D eigenvalue weighted by atomic mass is 127. The normalized spacial score (nSPS) is 21.8. The second-order valence-electron chi connectivity index (χ2n) is 6.94. The molecule has 0 amide bonds. The zero-order valence-electron chi connectivity index (χ0n) is 16.0. The first kappa shape index (κ1) is 23.4. The summed E-state index contributed by atoms with van der Waals surface area (Å²) in [6, 6.07) is 4.29. The molecule has 154 valence electrons. The first-order chi connectivity index (χ1) is 12.7. The van der Waals surface area contributed by atoms with Crippen molar-refractivity contribution in [2.45, 2.75) is 50.7 Å². The molecule has 8 heteroatoms. The first-order valence-electron chi connectivity index (χ1n) is 9.67. The Morgan fingerprint density at radius 3 is 2.78 bits per heavy atom. The fraction of sp³-hybridized carbons (Fsp3) is 0.737. The number of rotatable bonds is 6. The van der Waals surface area contributed by atoms with E-state index in [1.165, 1.54) is 21.5 Å². The van der Waals surface area contributed by atoms with Crippen LogP contribution in [0.4, 0.5) is 0 Å². The molecular formula is C19H31BrIN3O2S. The van der Waals surface area contributed by atoms with E-state index in [9.17, 15) is 0 Å². The number of guanidine groups is 1. The number of hydrogen-bond donors (Lipinski definition) is 1. The zero-order valence-corrected chi connectivity index (χ0v) is 20.7. The summed E-state index contributed by atoms with van der Waals surface area (Å²) in [6.45, 7) is 4.57. The SMILES string of the molecule is CN=C(NCCc1ccc(Br)s1)N1CCC(OCC2CCCCO2)CC1.I. The fourth-order valence-corrected chi connectivity index (χ4v) is 5.02. The van der Waals surface area contributed by atoms with Crippen molar-refractivity contribution in [2.75, 3.05) is 39.9 Å². The van der Waals surface area contributed by atoms with Gasteiger partial charge in [-0.25, -0.2) is 0 Å². The Hall–Kier alpha value is 0.1000. The van der Waals surface area contributed by atoms with Crippen LogP contribution in [0.5, 0.6) is 0 Å². The molecule has 1 aromatic rings. The second-order valence-corrected chi connectivity index (χ2v) is 9.49. The quantitative estimate of drug-likeness (QED) is 0.314. The van der Waals surface area contributed by atoms with Gasteiger partial charge in [0, 0.05) is 38.2 Å². The Bertz CT molecular complexity index is 573. The third kappa shape index (κ3) is 7.79. The molecule has 0 aromatic carbocycles. The van der Waals surface area contributed by atoms with Crippen LogP contribution in [0.15, 0.2) is 20.9 Å². The van der Waals surface area contributed by atoms with Gasteiger partial charge in [-0.05, 0) is 66.6 Å². The molecule has 3 heterocycles. The van der Waals surface area contributed by atoms with Crippen molar-refractivity contribution in [1.29, 1.82) is 0 Å². The number of halogens is 2. The Morgan fingerprint density at radius 2 is 2.15 bits per heavy atom. The van der Waals surface area contributed by atoms with E-state index < -0.39 is 0 Å². The van der Waals surface area contributed by atoms with Gasteiger partial charge >= 0.3 is 0 Å². The van der Waals surface area contributed by atoms with Crippen LogP contribution in [0.1, 0.15) is 37.0 Å². The number of piperidine rings is 1. The van der Waals surface area contributed by atoms with Gasteiger partial charge in [-0.2, -0.15) is 0 Å². The third-order valence-corrected chi connectivity index (χ3v) is 6.71. The van der Waals surface area contributed by atoms with E-state index >= 15 is 0 Å². The van der Waals surface area contributed by atoms with Crippen molar-refractivity contribution in [2.24, 2.45) is 4.99 Å². The number of nitrogens with zero attached hydrogens (tertiary/aromatic N) is 2. The summed E-state index contributed by atoms with van der Waals surface area (Å²) in [5.74, 6) is 1.01. The number of ether oxygens (including phenoxy) is 2. The van der Waals surface area contributed by atoms with Crippen LogP contribution in [0.25, 0.3) is 0 Å². The molecule has 1 unspecified atom stereocenters. The molecule has 5 nitrogen and oxygen atoms in total. The van der Waals surface area contributed by atoms with Crippen molar-refractivity contribution >= 4 is 57.2 Å². The highest BCUT2D eigenvalue weighted by Crippen LogP contribution is 2.22. The van der Waals surface area contributed by atoms with Crippen LogP contribution in [0.2, 0.25) is 0 Å². The van der Waals surface area contributed by atoms with E-state index in [1.807, 2.05) is 7.05 Å². The Labute approximate surface area is 192 Å². The molecular weight excluding hydrogens is 541 g/mol. The van der Waals surface area contributed by atoms with Gasteiger partial charge < -0.3 is 19.7 Å². The largest absolute Gasteiger partial charge is 0.376 e. The van der Waals surface area contributed by atoms with Gasteiger partial charge in [0.2, 0.25) is 0 Å². The van der Waals surface area contributed by atoms with Crippen molar-refractivity contribution < 1.29 is 9.47 Å². The zero-order chi connectivity index (χ0) is 18.2. The smallest absolute Gasteiger partial charge is 0.193 e. The minimum atomic E-state index is 0. The number of thiophene rings is 1. The van der Waals surface area contributed by atoms with Crippen molar-refractivity contribution in [1.82, 2.24) is 10.2 Å². The van der Waals surface area contributed by atoms with Gasteiger partial charge in [0.1, 0.15) is 0 Å². The van der Waals surface area contributed by atoms with Gasteiger partial charge in [0.15, 0.2) is 5.96 Å². The maximum atomic E-state index is 6.11. The Balaban J connectivity index is 0.00000261. The molecule has 0 radical (unpaired) electrons. The molecule has 2 saturated heterocycles. The molecule has 27 heavy (non-hydrogen) atoms. The van der Waals surface area contributed by atoms with Gasteiger partial charge in [0.25, 0.3) is 0 Å². The van der Waals surface area contributed by atoms with Gasteiger partial charge in [-0.3, -0.25) is 4.99 Å². The molecule has 0 bridgehead atoms. The molecule has 2 fully saturated rings. The summed E-state index contributed by atoms with van der Waals surface area (Å²) in [5.41, 5.74) is 0. The molecule has 0 saturated carbocycles. The van der Waals surface area contributed by atoms with Crippen LogP contribution >= 0.6 is 51.2 Å². The average Bonchev–Trinajstić information content (AvgIpc) is 3.10. The molecule has 2 aliphatic heterocycles. The van der Waals surface area contributed by atoms with E-state index in [2.05, 4.69) is 43.3 Å². The predicted octanol–water partition coefficient (Wildman–Crippen LogP) is 4.30. The molecule has 0 aliphatic carbocycles. The molecule has 3 rings (SSSR count). The summed E-state index contributed by atoms with van der Waals surface area (Å²) >= 11 is 5.32. The van der Waals surface area contributed by atoms with Gasteiger partial charge in [-0.1, -0.05) is 0 Å². The standard InChI is InChI=1S/C19H30BrN3O2S.HI/c1-21-19(22-10-7-17-5-6-18(20)26-17)23-11-8-15(9-12-23)25-14-16-4-2-3-13-24-16;/h5-6,15-16H,2-4,7-14H2,1H3,(H,21,22);1H. The predicted molar refractivity (Wildman–Crippen MR) is 127 cm³/mol.